The van der Waals surface area contributed by atoms with Crippen molar-refractivity contribution in [1.82, 2.24) is 15.2 Å². The fourth-order valence-corrected chi connectivity index (χ4v) is 1.96. The molecule has 0 aliphatic rings. The number of anilines is 2. The molecule has 2 heterocycles. The monoisotopic (exact) mass is 249 g/mol. The summed E-state index contributed by atoms with van der Waals surface area (Å²) in [4.78, 5) is 17.7. The van der Waals surface area contributed by atoms with Crippen molar-refractivity contribution in [2.24, 2.45) is 0 Å². The van der Waals surface area contributed by atoms with Crippen LogP contribution in [0.3, 0.4) is 0 Å². The molecular weight excluding hydrogens is 238 g/mol. The Bertz CT molecular complexity index is 512. The largest absolute Gasteiger partial charge is 0.374 e. The lowest BCUT2D eigenvalue weighted by molar-refractivity contribution is 0.0987. The highest BCUT2D eigenvalue weighted by atomic mass is 32.1. The van der Waals surface area contributed by atoms with E-state index >= 15 is 0 Å². The highest BCUT2D eigenvalue weighted by Gasteiger charge is 2.19. The zero-order valence-corrected chi connectivity index (χ0v) is 10.0. The molecule has 17 heavy (non-hydrogen) atoms. The molecule has 0 aromatic carbocycles. The van der Waals surface area contributed by atoms with Crippen LogP contribution in [0.2, 0.25) is 0 Å². The molecule has 88 valence electrons. The standard InChI is InChI=1S/C10H11N5OS/c1-2-15(7-3-5-12-6-4-7)9(16)8-13-14-10(11)17-8/h3-6H,2H2,1H3,(H2,11,14). The Morgan fingerprint density at radius 3 is 2.65 bits per heavy atom. The van der Waals surface area contributed by atoms with Crippen molar-refractivity contribution in [2.45, 2.75) is 6.92 Å². The predicted octanol–water partition coefficient (Wildman–Crippen LogP) is 1.18. The van der Waals surface area contributed by atoms with Gasteiger partial charge in [-0.2, -0.15) is 0 Å². The van der Waals surface area contributed by atoms with Crippen molar-refractivity contribution in [3.63, 3.8) is 0 Å². The van der Waals surface area contributed by atoms with Crippen LogP contribution < -0.4 is 10.6 Å². The summed E-state index contributed by atoms with van der Waals surface area (Å²) in [5.41, 5.74) is 6.24. The maximum Gasteiger partial charge on any atom is 0.289 e. The van der Waals surface area contributed by atoms with Crippen molar-refractivity contribution < 1.29 is 4.79 Å². The van der Waals surface area contributed by atoms with Gasteiger partial charge in [-0.1, -0.05) is 11.3 Å². The molecule has 2 aromatic rings. The third kappa shape index (κ3) is 2.39. The van der Waals surface area contributed by atoms with E-state index in [4.69, 9.17) is 5.73 Å². The summed E-state index contributed by atoms with van der Waals surface area (Å²) < 4.78 is 0. The van der Waals surface area contributed by atoms with Crippen molar-refractivity contribution in [1.29, 1.82) is 0 Å². The minimum absolute atomic E-state index is 0.201. The quantitative estimate of drug-likeness (QED) is 0.882. The van der Waals surface area contributed by atoms with E-state index in [2.05, 4.69) is 15.2 Å². The molecule has 2 aromatic heterocycles. The van der Waals surface area contributed by atoms with Crippen molar-refractivity contribution in [3.05, 3.63) is 29.5 Å². The van der Waals surface area contributed by atoms with Gasteiger partial charge in [0.05, 0.1) is 0 Å². The zero-order valence-electron chi connectivity index (χ0n) is 9.20. The highest BCUT2D eigenvalue weighted by molar-refractivity contribution is 7.17. The number of nitrogens with zero attached hydrogens (tertiary/aromatic N) is 4. The third-order valence-electron chi connectivity index (χ3n) is 2.16. The molecule has 0 bridgehead atoms. The van der Waals surface area contributed by atoms with E-state index in [0.717, 1.165) is 17.0 Å². The number of pyridine rings is 1. The SMILES string of the molecule is CCN(C(=O)c1nnc(N)s1)c1ccncc1. The van der Waals surface area contributed by atoms with E-state index in [-0.39, 0.29) is 5.91 Å². The van der Waals surface area contributed by atoms with Gasteiger partial charge in [-0.25, -0.2) is 0 Å². The number of nitrogen functional groups attached to an aromatic ring is 1. The molecule has 0 aliphatic heterocycles. The molecular formula is C10H11N5OS. The molecule has 6 nitrogen and oxygen atoms in total. The van der Waals surface area contributed by atoms with Crippen LogP contribution in [-0.2, 0) is 0 Å². The minimum atomic E-state index is -0.201. The van der Waals surface area contributed by atoms with E-state index in [1.165, 1.54) is 0 Å². The summed E-state index contributed by atoms with van der Waals surface area (Å²) in [6.45, 7) is 2.44. The van der Waals surface area contributed by atoms with Gasteiger partial charge >= 0.3 is 0 Å². The van der Waals surface area contributed by atoms with Gasteiger partial charge in [0.1, 0.15) is 0 Å². The second-order valence-corrected chi connectivity index (χ2v) is 4.21. The molecule has 2 N–H and O–H groups in total. The molecule has 2 rings (SSSR count). The molecule has 0 radical (unpaired) electrons. The lowest BCUT2D eigenvalue weighted by Gasteiger charge is -2.18. The number of aromatic nitrogens is 3. The van der Waals surface area contributed by atoms with Crippen LogP contribution in [0.1, 0.15) is 16.7 Å². The second kappa shape index (κ2) is 4.88. The summed E-state index contributed by atoms with van der Waals surface area (Å²) in [5.74, 6) is -0.201. The predicted molar refractivity (Wildman–Crippen MR) is 65.9 cm³/mol. The van der Waals surface area contributed by atoms with Crippen molar-refractivity contribution in [2.75, 3.05) is 17.2 Å². The Hall–Kier alpha value is -2.02. The number of hydrogen-bond acceptors (Lipinski definition) is 6. The van der Waals surface area contributed by atoms with Crippen molar-refractivity contribution >= 4 is 28.1 Å². The molecule has 0 fully saturated rings. The average molecular weight is 249 g/mol. The van der Waals surface area contributed by atoms with Gasteiger partial charge in [0.2, 0.25) is 10.1 Å². The summed E-state index contributed by atoms with van der Waals surface area (Å²) >= 11 is 1.08. The van der Waals surface area contributed by atoms with Gasteiger partial charge in [-0.3, -0.25) is 9.78 Å². The van der Waals surface area contributed by atoms with Crippen molar-refractivity contribution in [3.8, 4) is 0 Å². The smallest absolute Gasteiger partial charge is 0.289 e. The maximum atomic E-state index is 12.1. The number of nitrogens with two attached hydrogens (primary N) is 1. The summed E-state index contributed by atoms with van der Waals surface area (Å²) in [5, 5.41) is 7.96. The van der Waals surface area contributed by atoms with Crippen LogP contribution in [0.5, 0.6) is 0 Å². The second-order valence-electron chi connectivity index (χ2n) is 3.20. The Morgan fingerprint density at radius 2 is 2.12 bits per heavy atom. The van der Waals surface area contributed by atoms with Gasteiger partial charge in [0.15, 0.2) is 0 Å². The molecule has 0 unspecified atom stereocenters. The Kier molecular flexibility index (Phi) is 3.29. The number of rotatable bonds is 3. The molecule has 7 heteroatoms. The molecule has 0 spiro atoms. The van der Waals surface area contributed by atoms with Crippen LogP contribution in [0, 0.1) is 0 Å². The van der Waals surface area contributed by atoms with Gasteiger partial charge in [0.25, 0.3) is 5.91 Å². The van der Waals surface area contributed by atoms with E-state index in [9.17, 15) is 4.79 Å². The number of hydrogen-bond donors (Lipinski definition) is 1. The average Bonchev–Trinajstić information content (AvgIpc) is 2.78. The third-order valence-corrected chi connectivity index (χ3v) is 2.90. The number of carbonyl (C=O) groups excluding carboxylic acids is 1. The molecule has 0 saturated carbocycles. The summed E-state index contributed by atoms with van der Waals surface area (Å²) in [6.07, 6.45) is 3.28. The Labute approximate surface area is 102 Å². The Morgan fingerprint density at radius 1 is 1.41 bits per heavy atom. The minimum Gasteiger partial charge on any atom is -0.374 e. The fourth-order valence-electron chi connectivity index (χ4n) is 1.40. The van der Waals surface area contributed by atoms with E-state index in [0.29, 0.717) is 16.7 Å². The van der Waals surface area contributed by atoms with Gasteiger partial charge in [-0.05, 0) is 19.1 Å². The van der Waals surface area contributed by atoms with Crippen LogP contribution in [-0.4, -0.2) is 27.6 Å². The zero-order chi connectivity index (χ0) is 12.3. The van der Waals surface area contributed by atoms with Gasteiger partial charge < -0.3 is 10.6 Å². The Balaban J connectivity index is 2.28. The van der Waals surface area contributed by atoms with E-state index in [1.807, 2.05) is 6.92 Å². The number of amides is 1. The summed E-state index contributed by atoms with van der Waals surface area (Å²) in [7, 11) is 0. The van der Waals surface area contributed by atoms with Crippen LogP contribution in [0.4, 0.5) is 10.8 Å². The van der Waals surface area contributed by atoms with Crippen LogP contribution >= 0.6 is 11.3 Å². The topological polar surface area (TPSA) is 85.0 Å². The first kappa shape index (κ1) is 11.5. The molecule has 0 aliphatic carbocycles. The van der Waals surface area contributed by atoms with Gasteiger partial charge in [0, 0.05) is 24.6 Å². The molecule has 0 atom stereocenters. The lowest BCUT2D eigenvalue weighted by atomic mass is 10.3. The first-order valence-electron chi connectivity index (χ1n) is 5.03. The van der Waals surface area contributed by atoms with Crippen LogP contribution in [0.15, 0.2) is 24.5 Å². The van der Waals surface area contributed by atoms with Crippen LogP contribution in [0.25, 0.3) is 0 Å². The highest BCUT2D eigenvalue weighted by Crippen LogP contribution is 2.18. The van der Waals surface area contributed by atoms with E-state index < -0.39 is 0 Å². The first-order valence-corrected chi connectivity index (χ1v) is 5.85. The maximum absolute atomic E-state index is 12.1. The number of carbonyl (C=O) groups is 1. The summed E-state index contributed by atoms with van der Waals surface area (Å²) in [6, 6.07) is 3.54. The van der Waals surface area contributed by atoms with E-state index in [1.54, 1.807) is 29.4 Å². The molecule has 0 saturated heterocycles. The fraction of sp³-hybridized carbons (Fsp3) is 0.200. The first-order chi connectivity index (χ1) is 8.22. The molecule has 1 amide bonds. The lowest BCUT2D eigenvalue weighted by Crippen LogP contribution is -2.30. The van der Waals surface area contributed by atoms with Gasteiger partial charge in [-0.15, -0.1) is 10.2 Å². The normalized spacial score (nSPS) is 10.2.